The highest BCUT2D eigenvalue weighted by Gasteiger charge is 2.03. The van der Waals surface area contributed by atoms with Crippen LogP contribution in [0.4, 0.5) is 5.69 Å². The van der Waals surface area contributed by atoms with Gasteiger partial charge in [-0.25, -0.2) is 0 Å². The lowest BCUT2D eigenvalue weighted by atomic mass is 10.2. The average molecular weight is 167 g/mol. The van der Waals surface area contributed by atoms with Crippen LogP contribution in [0.1, 0.15) is 12.5 Å². The van der Waals surface area contributed by atoms with Crippen LogP contribution in [-0.2, 0) is 0 Å². The fourth-order valence-electron chi connectivity index (χ4n) is 0.990. The van der Waals surface area contributed by atoms with E-state index in [1.807, 2.05) is 6.92 Å². The molecule has 0 saturated heterocycles. The Balaban J connectivity index is 3.04. The third-order valence-electron chi connectivity index (χ3n) is 1.73. The lowest BCUT2D eigenvalue weighted by Gasteiger charge is -2.07. The molecule has 0 heterocycles. The summed E-state index contributed by atoms with van der Waals surface area (Å²) >= 11 is 0. The van der Waals surface area contributed by atoms with E-state index in [4.69, 9.17) is 0 Å². The van der Waals surface area contributed by atoms with E-state index in [1.54, 1.807) is 19.1 Å². The summed E-state index contributed by atoms with van der Waals surface area (Å²) in [7, 11) is 0. The first kappa shape index (κ1) is 8.71. The summed E-state index contributed by atoms with van der Waals surface area (Å²) in [6.45, 7) is 4.39. The highest BCUT2D eigenvalue weighted by Crippen LogP contribution is 2.29. The van der Waals surface area contributed by atoms with Gasteiger partial charge in [0.15, 0.2) is 0 Å². The van der Waals surface area contributed by atoms with Crippen molar-refractivity contribution in [3.8, 4) is 11.5 Å². The van der Waals surface area contributed by atoms with Crippen molar-refractivity contribution < 1.29 is 10.2 Å². The molecule has 0 atom stereocenters. The van der Waals surface area contributed by atoms with Gasteiger partial charge in [0.05, 0.1) is 0 Å². The minimum absolute atomic E-state index is 0.117. The van der Waals surface area contributed by atoms with Crippen molar-refractivity contribution in [2.75, 3.05) is 11.9 Å². The number of phenols is 2. The predicted octanol–water partition coefficient (Wildman–Crippen LogP) is 1.84. The smallest absolute Gasteiger partial charge is 0.124 e. The largest absolute Gasteiger partial charge is 0.507 e. The first-order valence-corrected chi connectivity index (χ1v) is 3.91. The van der Waals surface area contributed by atoms with Crippen molar-refractivity contribution in [3.05, 3.63) is 17.7 Å². The summed E-state index contributed by atoms with van der Waals surface area (Å²) in [6, 6.07) is 3.19. The summed E-state index contributed by atoms with van der Waals surface area (Å²) in [5.74, 6) is 0.233. The molecule has 0 bridgehead atoms. The molecule has 0 aliphatic carbocycles. The van der Waals surface area contributed by atoms with Crippen LogP contribution < -0.4 is 5.32 Å². The van der Waals surface area contributed by atoms with Gasteiger partial charge >= 0.3 is 0 Å². The zero-order valence-electron chi connectivity index (χ0n) is 7.26. The molecule has 66 valence electrons. The van der Waals surface area contributed by atoms with Crippen LogP contribution >= 0.6 is 0 Å². The monoisotopic (exact) mass is 167 g/mol. The Labute approximate surface area is 71.7 Å². The Morgan fingerprint density at radius 1 is 1.25 bits per heavy atom. The normalized spacial score (nSPS) is 9.83. The molecule has 1 aromatic carbocycles. The van der Waals surface area contributed by atoms with Gasteiger partial charge in [0.2, 0.25) is 0 Å². The molecule has 0 spiro atoms. The predicted molar refractivity (Wildman–Crippen MR) is 48.7 cm³/mol. The van der Waals surface area contributed by atoms with Crippen molar-refractivity contribution in [1.29, 1.82) is 0 Å². The van der Waals surface area contributed by atoms with Gasteiger partial charge in [0, 0.05) is 29.9 Å². The van der Waals surface area contributed by atoms with Crippen LogP contribution in [0.3, 0.4) is 0 Å². The van der Waals surface area contributed by atoms with E-state index in [-0.39, 0.29) is 11.5 Å². The lowest BCUT2D eigenvalue weighted by molar-refractivity contribution is 0.444. The second-order valence-electron chi connectivity index (χ2n) is 2.67. The molecule has 0 saturated carbocycles. The molecule has 0 amide bonds. The Morgan fingerprint density at radius 2 is 1.75 bits per heavy atom. The zero-order valence-corrected chi connectivity index (χ0v) is 7.26. The number of rotatable bonds is 2. The van der Waals surface area contributed by atoms with Gasteiger partial charge in [-0.3, -0.25) is 0 Å². The molecule has 0 unspecified atom stereocenters. The van der Waals surface area contributed by atoms with E-state index in [1.165, 1.54) is 0 Å². The molecular weight excluding hydrogens is 154 g/mol. The van der Waals surface area contributed by atoms with Crippen LogP contribution in [0.5, 0.6) is 11.5 Å². The van der Waals surface area contributed by atoms with Crippen molar-refractivity contribution in [2.45, 2.75) is 13.8 Å². The SMILES string of the molecule is CCNc1cc(O)c(C)c(O)c1. The minimum Gasteiger partial charge on any atom is -0.507 e. The first-order chi connectivity index (χ1) is 5.65. The van der Waals surface area contributed by atoms with Gasteiger partial charge < -0.3 is 15.5 Å². The van der Waals surface area contributed by atoms with Gasteiger partial charge in [0.1, 0.15) is 11.5 Å². The number of hydrogen-bond donors (Lipinski definition) is 3. The fourth-order valence-corrected chi connectivity index (χ4v) is 0.990. The Hall–Kier alpha value is -1.38. The number of hydrogen-bond acceptors (Lipinski definition) is 3. The number of nitrogens with one attached hydrogen (secondary N) is 1. The quantitative estimate of drug-likeness (QED) is 0.630. The summed E-state index contributed by atoms with van der Waals surface area (Å²) < 4.78 is 0. The maximum atomic E-state index is 9.31. The summed E-state index contributed by atoms with van der Waals surface area (Å²) in [6.07, 6.45) is 0. The molecule has 0 aliphatic heterocycles. The fraction of sp³-hybridized carbons (Fsp3) is 0.333. The van der Waals surface area contributed by atoms with E-state index >= 15 is 0 Å². The lowest BCUT2D eigenvalue weighted by Crippen LogP contribution is -1.96. The second kappa shape index (κ2) is 3.34. The van der Waals surface area contributed by atoms with Gasteiger partial charge in [-0.1, -0.05) is 0 Å². The van der Waals surface area contributed by atoms with Crippen molar-refractivity contribution >= 4 is 5.69 Å². The number of benzene rings is 1. The van der Waals surface area contributed by atoms with E-state index in [0.29, 0.717) is 5.56 Å². The molecule has 3 nitrogen and oxygen atoms in total. The molecule has 0 aromatic heterocycles. The highest BCUT2D eigenvalue weighted by atomic mass is 16.3. The highest BCUT2D eigenvalue weighted by molar-refractivity contribution is 5.57. The molecule has 1 rings (SSSR count). The van der Waals surface area contributed by atoms with Crippen molar-refractivity contribution in [2.24, 2.45) is 0 Å². The van der Waals surface area contributed by atoms with Gasteiger partial charge in [-0.15, -0.1) is 0 Å². The Kier molecular flexibility index (Phi) is 2.43. The van der Waals surface area contributed by atoms with Crippen LogP contribution in [0.15, 0.2) is 12.1 Å². The maximum absolute atomic E-state index is 9.31. The topological polar surface area (TPSA) is 52.5 Å². The summed E-state index contributed by atoms with van der Waals surface area (Å²) in [5.41, 5.74) is 1.25. The van der Waals surface area contributed by atoms with E-state index in [0.717, 1.165) is 12.2 Å². The third-order valence-corrected chi connectivity index (χ3v) is 1.73. The number of phenolic OH excluding ortho intramolecular Hbond substituents is 2. The standard InChI is InChI=1S/C9H13NO2/c1-3-10-7-4-8(11)6(2)9(12)5-7/h4-5,10-12H,3H2,1-2H3. The van der Waals surface area contributed by atoms with E-state index < -0.39 is 0 Å². The molecule has 0 fully saturated rings. The average Bonchev–Trinajstić information content (AvgIpc) is 2.01. The van der Waals surface area contributed by atoms with Crippen molar-refractivity contribution in [1.82, 2.24) is 0 Å². The molecule has 12 heavy (non-hydrogen) atoms. The van der Waals surface area contributed by atoms with Crippen molar-refractivity contribution in [3.63, 3.8) is 0 Å². The van der Waals surface area contributed by atoms with E-state index in [9.17, 15) is 10.2 Å². The maximum Gasteiger partial charge on any atom is 0.124 e. The van der Waals surface area contributed by atoms with Crippen LogP contribution in [0.2, 0.25) is 0 Å². The third kappa shape index (κ3) is 1.61. The Bertz CT molecular complexity index is 261. The van der Waals surface area contributed by atoms with Crippen LogP contribution in [0, 0.1) is 6.92 Å². The van der Waals surface area contributed by atoms with Gasteiger partial charge in [0.25, 0.3) is 0 Å². The van der Waals surface area contributed by atoms with E-state index in [2.05, 4.69) is 5.32 Å². The van der Waals surface area contributed by atoms with Crippen LogP contribution in [-0.4, -0.2) is 16.8 Å². The first-order valence-electron chi connectivity index (χ1n) is 3.91. The zero-order chi connectivity index (χ0) is 9.14. The van der Waals surface area contributed by atoms with Gasteiger partial charge in [-0.05, 0) is 13.8 Å². The number of aromatic hydroxyl groups is 2. The molecule has 3 N–H and O–H groups in total. The summed E-state index contributed by atoms with van der Waals surface area (Å²) in [4.78, 5) is 0. The molecule has 3 heteroatoms. The minimum atomic E-state index is 0.117. The van der Waals surface area contributed by atoms with Crippen LogP contribution in [0.25, 0.3) is 0 Å². The number of anilines is 1. The molecule has 0 aliphatic rings. The molecule has 1 aromatic rings. The van der Waals surface area contributed by atoms with Gasteiger partial charge in [-0.2, -0.15) is 0 Å². The second-order valence-corrected chi connectivity index (χ2v) is 2.67. The molecule has 0 radical (unpaired) electrons. The summed E-state index contributed by atoms with van der Waals surface area (Å²) in [5, 5.41) is 21.6. The Morgan fingerprint density at radius 3 is 2.17 bits per heavy atom. The molecular formula is C9H13NO2.